The molecule has 0 spiro atoms. The van der Waals surface area contributed by atoms with Gasteiger partial charge in [0.15, 0.2) is 0 Å². The first-order valence-corrected chi connectivity index (χ1v) is 6.93. The van der Waals surface area contributed by atoms with Gasteiger partial charge in [0.05, 0.1) is 6.54 Å². The molecule has 0 radical (unpaired) electrons. The molecule has 0 bridgehead atoms. The van der Waals surface area contributed by atoms with E-state index in [4.69, 9.17) is 5.11 Å². The van der Waals surface area contributed by atoms with Crippen LogP contribution in [0, 0.1) is 11.7 Å². The average Bonchev–Trinajstić information content (AvgIpc) is 2.77. The molecule has 1 amide bonds. The van der Waals surface area contributed by atoms with Crippen molar-refractivity contribution in [3.8, 4) is 0 Å². The van der Waals surface area contributed by atoms with E-state index < -0.39 is 5.97 Å². The fourth-order valence-electron chi connectivity index (χ4n) is 2.78. The number of hydrogen-bond acceptors (Lipinski definition) is 3. The summed E-state index contributed by atoms with van der Waals surface area (Å²) in [5, 5.41) is 10.9. The number of carboxylic acids is 1. The monoisotopic (exact) mass is 294 g/mol. The molecule has 2 unspecified atom stereocenters. The highest BCUT2D eigenvalue weighted by Gasteiger charge is 2.32. The molecular weight excluding hydrogens is 275 g/mol. The summed E-state index contributed by atoms with van der Waals surface area (Å²) in [6.45, 7) is 2.56. The quantitative estimate of drug-likeness (QED) is 0.861. The summed E-state index contributed by atoms with van der Waals surface area (Å²) in [6.07, 6.45) is 0.857. The van der Waals surface area contributed by atoms with Crippen LogP contribution in [0.3, 0.4) is 0 Å². The predicted octanol–water partition coefficient (Wildman–Crippen LogP) is 1.41. The lowest BCUT2D eigenvalue weighted by atomic mass is 10.0. The van der Waals surface area contributed by atoms with Crippen LogP contribution < -0.4 is 5.32 Å². The Balaban J connectivity index is 2.03. The van der Waals surface area contributed by atoms with Crippen molar-refractivity contribution in [2.24, 2.45) is 5.92 Å². The summed E-state index contributed by atoms with van der Waals surface area (Å²) in [4.78, 5) is 24.2. The number of carboxylic acid groups (broad SMARTS) is 1. The van der Waals surface area contributed by atoms with Crippen molar-refractivity contribution in [1.82, 2.24) is 10.2 Å². The lowest BCUT2D eigenvalue weighted by molar-refractivity contribution is -0.138. The van der Waals surface area contributed by atoms with Gasteiger partial charge in [0.1, 0.15) is 12.4 Å². The molecule has 1 fully saturated rings. The first-order valence-electron chi connectivity index (χ1n) is 6.93. The normalized spacial score (nSPS) is 22.2. The van der Waals surface area contributed by atoms with E-state index in [1.807, 2.05) is 11.0 Å². The Hall–Kier alpha value is -1.95. The molecule has 2 atom stereocenters. The van der Waals surface area contributed by atoms with Crippen molar-refractivity contribution in [3.63, 3.8) is 0 Å². The third-order valence-electron chi connectivity index (χ3n) is 3.63. The summed E-state index contributed by atoms with van der Waals surface area (Å²) < 4.78 is 13.4. The molecule has 1 saturated heterocycles. The van der Waals surface area contributed by atoms with Gasteiger partial charge >= 0.3 is 5.97 Å². The van der Waals surface area contributed by atoms with Crippen LogP contribution in [-0.2, 0) is 9.59 Å². The van der Waals surface area contributed by atoms with Gasteiger partial charge in [0.25, 0.3) is 0 Å². The molecule has 1 aliphatic rings. The second kappa shape index (κ2) is 6.67. The first-order chi connectivity index (χ1) is 9.95. The highest BCUT2D eigenvalue weighted by molar-refractivity contribution is 5.82. The number of rotatable bonds is 5. The van der Waals surface area contributed by atoms with Crippen molar-refractivity contribution >= 4 is 11.9 Å². The molecule has 0 aromatic heterocycles. The number of nitrogens with zero attached hydrogens (tertiary/aromatic N) is 1. The Morgan fingerprint density at radius 2 is 2.24 bits per heavy atom. The van der Waals surface area contributed by atoms with Gasteiger partial charge in [0, 0.05) is 12.6 Å². The smallest absolute Gasteiger partial charge is 0.322 e. The molecule has 1 heterocycles. The predicted molar refractivity (Wildman–Crippen MR) is 75.1 cm³/mol. The number of aliphatic carboxylic acids is 1. The largest absolute Gasteiger partial charge is 0.480 e. The minimum absolute atomic E-state index is 0.00808. The van der Waals surface area contributed by atoms with Gasteiger partial charge in [-0.05, 0) is 30.0 Å². The van der Waals surface area contributed by atoms with Gasteiger partial charge in [-0.1, -0.05) is 19.1 Å². The number of amides is 1. The third kappa shape index (κ3) is 4.26. The van der Waals surface area contributed by atoms with E-state index in [1.165, 1.54) is 12.1 Å². The van der Waals surface area contributed by atoms with Crippen LogP contribution in [0.4, 0.5) is 4.39 Å². The van der Waals surface area contributed by atoms with E-state index in [9.17, 15) is 14.0 Å². The number of benzene rings is 1. The lowest BCUT2D eigenvalue weighted by Gasteiger charge is -2.24. The maximum absolute atomic E-state index is 13.4. The number of halogens is 1. The number of carbonyl (C=O) groups excluding carboxylic acids is 1. The molecule has 0 saturated carbocycles. The second-order valence-electron chi connectivity index (χ2n) is 5.51. The molecule has 1 aromatic rings. The van der Waals surface area contributed by atoms with Crippen LogP contribution in [0.25, 0.3) is 0 Å². The lowest BCUT2D eigenvalue weighted by Crippen LogP contribution is -2.39. The maximum atomic E-state index is 13.4. The van der Waals surface area contributed by atoms with E-state index >= 15 is 0 Å². The minimum atomic E-state index is -1.07. The zero-order chi connectivity index (χ0) is 15.4. The SMILES string of the molecule is CC1CC(c2cccc(F)c2)N(CC(=O)NCC(=O)O)C1. The number of hydrogen-bond donors (Lipinski definition) is 2. The van der Waals surface area contributed by atoms with Crippen LogP contribution in [0.2, 0.25) is 0 Å². The summed E-state index contributed by atoms with van der Waals surface area (Å²) in [5.74, 6) is -1.28. The van der Waals surface area contributed by atoms with Gasteiger partial charge in [-0.2, -0.15) is 0 Å². The van der Waals surface area contributed by atoms with Crippen LogP contribution in [-0.4, -0.2) is 41.5 Å². The van der Waals surface area contributed by atoms with E-state index in [2.05, 4.69) is 12.2 Å². The standard InChI is InChI=1S/C15H19FN2O3/c1-10-5-13(11-3-2-4-12(16)6-11)18(8-10)9-14(19)17-7-15(20)21/h2-4,6,10,13H,5,7-9H2,1H3,(H,17,19)(H,20,21). The number of likely N-dealkylation sites (tertiary alicyclic amines) is 1. The zero-order valence-electron chi connectivity index (χ0n) is 11.9. The highest BCUT2D eigenvalue weighted by Crippen LogP contribution is 2.34. The summed E-state index contributed by atoms with van der Waals surface area (Å²) in [6, 6.07) is 6.40. The number of carbonyl (C=O) groups is 2. The Morgan fingerprint density at radius 1 is 1.48 bits per heavy atom. The Labute approximate surface area is 122 Å². The van der Waals surface area contributed by atoms with Gasteiger partial charge in [-0.15, -0.1) is 0 Å². The van der Waals surface area contributed by atoms with Gasteiger partial charge in [0.2, 0.25) is 5.91 Å². The number of nitrogens with one attached hydrogen (secondary N) is 1. The van der Waals surface area contributed by atoms with Crippen molar-refractivity contribution in [1.29, 1.82) is 0 Å². The fourth-order valence-corrected chi connectivity index (χ4v) is 2.78. The molecule has 1 aliphatic heterocycles. The molecule has 5 nitrogen and oxygen atoms in total. The molecule has 114 valence electrons. The molecular formula is C15H19FN2O3. The van der Waals surface area contributed by atoms with Crippen molar-refractivity contribution < 1.29 is 19.1 Å². The van der Waals surface area contributed by atoms with Crippen molar-refractivity contribution in [2.45, 2.75) is 19.4 Å². The molecule has 6 heteroatoms. The average molecular weight is 294 g/mol. The van der Waals surface area contributed by atoms with E-state index in [0.717, 1.165) is 18.5 Å². The van der Waals surface area contributed by atoms with E-state index in [-0.39, 0.29) is 30.9 Å². The second-order valence-corrected chi connectivity index (χ2v) is 5.51. The summed E-state index contributed by atoms with van der Waals surface area (Å²) >= 11 is 0. The molecule has 1 aromatic carbocycles. The van der Waals surface area contributed by atoms with Crippen LogP contribution >= 0.6 is 0 Å². The third-order valence-corrected chi connectivity index (χ3v) is 3.63. The highest BCUT2D eigenvalue weighted by atomic mass is 19.1. The molecule has 2 N–H and O–H groups in total. The summed E-state index contributed by atoms with van der Waals surface area (Å²) in [7, 11) is 0. The minimum Gasteiger partial charge on any atom is -0.480 e. The topological polar surface area (TPSA) is 69.6 Å². The van der Waals surface area contributed by atoms with Gasteiger partial charge in [-0.25, -0.2) is 4.39 Å². The Bertz CT molecular complexity index is 535. The van der Waals surface area contributed by atoms with Crippen molar-refractivity contribution in [2.75, 3.05) is 19.6 Å². The van der Waals surface area contributed by atoms with E-state index in [0.29, 0.717) is 5.92 Å². The van der Waals surface area contributed by atoms with Crippen LogP contribution in [0.5, 0.6) is 0 Å². The maximum Gasteiger partial charge on any atom is 0.322 e. The molecule has 21 heavy (non-hydrogen) atoms. The fraction of sp³-hybridized carbons (Fsp3) is 0.467. The summed E-state index contributed by atoms with van der Waals surface area (Å²) in [5.41, 5.74) is 0.852. The van der Waals surface area contributed by atoms with Crippen LogP contribution in [0.1, 0.15) is 24.9 Å². The van der Waals surface area contributed by atoms with E-state index in [1.54, 1.807) is 6.07 Å². The van der Waals surface area contributed by atoms with Crippen LogP contribution in [0.15, 0.2) is 24.3 Å². The van der Waals surface area contributed by atoms with Crippen molar-refractivity contribution in [3.05, 3.63) is 35.6 Å². The van der Waals surface area contributed by atoms with Gasteiger partial charge < -0.3 is 10.4 Å². The Morgan fingerprint density at radius 3 is 2.90 bits per heavy atom. The zero-order valence-corrected chi connectivity index (χ0v) is 11.9. The van der Waals surface area contributed by atoms with Gasteiger partial charge in [-0.3, -0.25) is 14.5 Å². The Kier molecular flexibility index (Phi) is 4.90. The first kappa shape index (κ1) is 15.4. The molecule has 2 rings (SSSR count). The molecule has 0 aliphatic carbocycles.